The average Bonchev–Trinajstić information content (AvgIpc) is 2.15. The summed E-state index contributed by atoms with van der Waals surface area (Å²) in [6, 6.07) is 2.25. The molecule has 0 unspecified atom stereocenters. The molecule has 1 aromatic carbocycles. The number of carbonyl (C=O) groups is 1. The smallest absolute Gasteiger partial charge is 0.191 e. The maximum atomic E-state index is 13.7. The molecule has 1 aliphatic carbocycles. The molecule has 0 spiro atoms. The van der Waals surface area contributed by atoms with E-state index in [1.54, 1.807) is 0 Å². The Hall–Kier alpha value is -1.45. The van der Waals surface area contributed by atoms with Crippen molar-refractivity contribution in [2.75, 3.05) is 7.11 Å². The van der Waals surface area contributed by atoms with Gasteiger partial charge in [-0.15, -0.1) is 0 Å². The van der Waals surface area contributed by atoms with Crippen molar-refractivity contribution in [2.45, 2.75) is 19.3 Å². The number of rotatable bonds is 3. The van der Waals surface area contributed by atoms with E-state index in [0.717, 1.165) is 25.3 Å². The minimum absolute atomic E-state index is 0.0667. The first-order valence-corrected chi connectivity index (χ1v) is 5.21. The summed E-state index contributed by atoms with van der Waals surface area (Å²) in [6.07, 6.45) is 2.58. The third-order valence-corrected chi connectivity index (χ3v) is 2.99. The number of methoxy groups -OCH3 is 1. The van der Waals surface area contributed by atoms with E-state index in [4.69, 9.17) is 0 Å². The topological polar surface area (TPSA) is 26.3 Å². The van der Waals surface area contributed by atoms with E-state index >= 15 is 0 Å². The molecule has 1 saturated carbocycles. The van der Waals surface area contributed by atoms with Crippen molar-refractivity contribution in [3.8, 4) is 5.75 Å². The molecule has 0 heterocycles. The van der Waals surface area contributed by atoms with Crippen LogP contribution in [0.25, 0.3) is 0 Å². The second-order valence-corrected chi connectivity index (χ2v) is 3.93. The van der Waals surface area contributed by atoms with Gasteiger partial charge in [-0.25, -0.2) is 8.78 Å². The van der Waals surface area contributed by atoms with Gasteiger partial charge in [-0.3, -0.25) is 4.79 Å². The molecule has 0 saturated heterocycles. The molecule has 2 nitrogen and oxygen atoms in total. The van der Waals surface area contributed by atoms with Gasteiger partial charge in [-0.2, -0.15) is 0 Å². The van der Waals surface area contributed by atoms with E-state index in [0.29, 0.717) is 0 Å². The van der Waals surface area contributed by atoms with E-state index in [2.05, 4.69) is 4.74 Å². The highest BCUT2D eigenvalue weighted by Gasteiger charge is 2.29. The Kier molecular flexibility index (Phi) is 2.90. The van der Waals surface area contributed by atoms with Crippen LogP contribution in [-0.2, 0) is 0 Å². The first kappa shape index (κ1) is 11.0. The molecule has 4 heteroatoms. The zero-order valence-corrected chi connectivity index (χ0v) is 8.93. The Morgan fingerprint density at radius 2 is 2.06 bits per heavy atom. The van der Waals surface area contributed by atoms with Gasteiger partial charge in [0.25, 0.3) is 0 Å². The highest BCUT2D eigenvalue weighted by atomic mass is 19.1. The van der Waals surface area contributed by atoms with Crippen LogP contribution in [-0.4, -0.2) is 12.9 Å². The van der Waals surface area contributed by atoms with Crippen molar-refractivity contribution in [2.24, 2.45) is 5.92 Å². The molecular weight excluding hydrogens is 214 g/mol. The zero-order chi connectivity index (χ0) is 11.7. The molecule has 0 aliphatic heterocycles. The summed E-state index contributed by atoms with van der Waals surface area (Å²) in [5, 5.41) is 0. The van der Waals surface area contributed by atoms with Crippen LogP contribution in [0.1, 0.15) is 29.6 Å². The van der Waals surface area contributed by atoms with Crippen molar-refractivity contribution in [3.63, 3.8) is 0 Å². The molecule has 1 aliphatic rings. The van der Waals surface area contributed by atoms with Gasteiger partial charge in [0.1, 0.15) is 0 Å². The highest BCUT2D eigenvalue weighted by Crippen LogP contribution is 2.33. The molecule has 0 amide bonds. The molecule has 0 bridgehead atoms. The SMILES string of the molecule is COc1c(F)ccc(C(=O)C2CCC2)c1F. The fraction of sp³-hybridized carbons (Fsp3) is 0.417. The number of benzene rings is 1. The predicted molar refractivity (Wildman–Crippen MR) is 54.6 cm³/mol. The lowest BCUT2D eigenvalue weighted by atomic mass is 9.80. The second-order valence-electron chi connectivity index (χ2n) is 3.93. The van der Waals surface area contributed by atoms with E-state index in [9.17, 15) is 13.6 Å². The molecule has 1 aromatic rings. The minimum Gasteiger partial charge on any atom is -0.491 e. The Morgan fingerprint density at radius 3 is 2.56 bits per heavy atom. The third-order valence-electron chi connectivity index (χ3n) is 2.99. The van der Waals surface area contributed by atoms with Gasteiger partial charge in [0.05, 0.1) is 12.7 Å². The van der Waals surface area contributed by atoms with E-state index < -0.39 is 17.4 Å². The number of ketones is 1. The van der Waals surface area contributed by atoms with Crippen LogP contribution < -0.4 is 4.74 Å². The molecule has 0 N–H and O–H groups in total. The summed E-state index contributed by atoms with van der Waals surface area (Å²) < 4.78 is 31.4. The molecular formula is C12H12F2O2. The van der Waals surface area contributed by atoms with Gasteiger partial charge in [0.2, 0.25) is 0 Å². The van der Waals surface area contributed by atoms with Gasteiger partial charge in [-0.1, -0.05) is 6.42 Å². The molecule has 2 rings (SSSR count). The summed E-state index contributed by atoms with van der Waals surface area (Å²) in [6.45, 7) is 0. The lowest BCUT2D eigenvalue weighted by Gasteiger charge is -2.24. The number of Topliss-reactive ketones (excluding diaryl/α,β-unsaturated/α-hetero) is 1. The third kappa shape index (κ3) is 1.68. The largest absolute Gasteiger partial charge is 0.491 e. The van der Waals surface area contributed by atoms with Crippen LogP contribution in [0.5, 0.6) is 5.75 Å². The summed E-state index contributed by atoms with van der Waals surface area (Å²) in [5.41, 5.74) is -0.0667. The maximum absolute atomic E-state index is 13.7. The molecule has 1 fully saturated rings. The second kappa shape index (κ2) is 4.20. The number of hydrogen-bond acceptors (Lipinski definition) is 2. The lowest BCUT2D eigenvalue weighted by molar-refractivity contribution is 0.0850. The van der Waals surface area contributed by atoms with Crippen molar-refractivity contribution in [1.82, 2.24) is 0 Å². The number of halogens is 2. The van der Waals surface area contributed by atoms with E-state index in [1.807, 2.05) is 0 Å². The van der Waals surface area contributed by atoms with E-state index in [-0.39, 0.29) is 17.3 Å². The number of ether oxygens (including phenoxy) is 1. The van der Waals surface area contributed by atoms with Gasteiger partial charge < -0.3 is 4.74 Å². The summed E-state index contributed by atoms with van der Waals surface area (Å²) in [4.78, 5) is 11.8. The fourth-order valence-electron chi connectivity index (χ4n) is 1.80. The van der Waals surface area contributed by atoms with Crippen molar-refractivity contribution < 1.29 is 18.3 Å². The van der Waals surface area contributed by atoms with Crippen LogP contribution in [0, 0.1) is 17.6 Å². The van der Waals surface area contributed by atoms with Crippen molar-refractivity contribution >= 4 is 5.78 Å². The van der Waals surface area contributed by atoms with Crippen molar-refractivity contribution in [1.29, 1.82) is 0 Å². The summed E-state index contributed by atoms with van der Waals surface area (Å²) in [5.74, 6) is -2.51. The van der Waals surface area contributed by atoms with Crippen LogP contribution in [0.4, 0.5) is 8.78 Å². The standard InChI is InChI=1S/C12H12F2O2/c1-16-12-9(13)6-5-8(10(12)14)11(15)7-3-2-4-7/h5-7H,2-4H2,1H3. The van der Waals surface area contributed by atoms with E-state index in [1.165, 1.54) is 13.2 Å². The predicted octanol–water partition coefficient (Wildman–Crippen LogP) is 2.96. The normalized spacial score (nSPS) is 15.7. The number of carbonyl (C=O) groups excluding carboxylic acids is 1. The molecule has 0 aromatic heterocycles. The van der Waals surface area contributed by atoms with Crippen LogP contribution in [0.2, 0.25) is 0 Å². The van der Waals surface area contributed by atoms with Gasteiger partial charge in [-0.05, 0) is 25.0 Å². The van der Waals surface area contributed by atoms with Gasteiger partial charge >= 0.3 is 0 Å². The van der Waals surface area contributed by atoms with Gasteiger partial charge in [0.15, 0.2) is 23.2 Å². The summed E-state index contributed by atoms with van der Waals surface area (Å²) in [7, 11) is 1.18. The molecule has 16 heavy (non-hydrogen) atoms. The van der Waals surface area contributed by atoms with Gasteiger partial charge in [0, 0.05) is 5.92 Å². The Labute approximate surface area is 92.2 Å². The Bertz CT molecular complexity index is 425. The average molecular weight is 226 g/mol. The Morgan fingerprint density at radius 1 is 1.38 bits per heavy atom. The minimum atomic E-state index is -0.889. The van der Waals surface area contributed by atoms with Crippen LogP contribution in [0.15, 0.2) is 12.1 Å². The monoisotopic (exact) mass is 226 g/mol. The first-order chi connectivity index (χ1) is 7.65. The summed E-state index contributed by atoms with van der Waals surface area (Å²) >= 11 is 0. The lowest BCUT2D eigenvalue weighted by Crippen LogP contribution is -2.23. The van der Waals surface area contributed by atoms with Crippen LogP contribution >= 0.6 is 0 Å². The van der Waals surface area contributed by atoms with Crippen molar-refractivity contribution in [3.05, 3.63) is 29.3 Å². The molecule has 0 atom stereocenters. The first-order valence-electron chi connectivity index (χ1n) is 5.21. The van der Waals surface area contributed by atoms with Crippen LogP contribution in [0.3, 0.4) is 0 Å². The fourth-order valence-corrected chi connectivity index (χ4v) is 1.80. The number of hydrogen-bond donors (Lipinski definition) is 0. The molecule has 0 radical (unpaired) electrons. The zero-order valence-electron chi connectivity index (χ0n) is 8.93. The Balaban J connectivity index is 2.37. The maximum Gasteiger partial charge on any atom is 0.191 e. The quantitative estimate of drug-likeness (QED) is 0.740. The molecule has 86 valence electrons. The highest BCUT2D eigenvalue weighted by molar-refractivity contribution is 5.98.